The van der Waals surface area contributed by atoms with Crippen LogP contribution in [0.1, 0.15) is 47.4 Å². The van der Waals surface area contributed by atoms with Gasteiger partial charge in [-0.05, 0) is 75.7 Å². The minimum absolute atomic E-state index is 0.0925. The van der Waals surface area contributed by atoms with Crippen LogP contribution in [-0.2, 0) is 6.54 Å². The van der Waals surface area contributed by atoms with Crippen LogP contribution in [0.15, 0.2) is 47.3 Å². The molecule has 1 aliphatic rings. The minimum Gasteiger partial charge on any atom is -0.497 e. The van der Waals surface area contributed by atoms with Gasteiger partial charge in [-0.3, -0.25) is 14.5 Å². The van der Waals surface area contributed by atoms with Gasteiger partial charge in [0.15, 0.2) is 0 Å². The molecule has 1 aliphatic heterocycles. The van der Waals surface area contributed by atoms with Crippen LogP contribution in [0, 0.1) is 6.92 Å². The first-order valence-electron chi connectivity index (χ1n) is 11.2. The van der Waals surface area contributed by atoms with E-state index in [0.29, 0.717) is 29.9 Å². The zero-order valence-electron chi connectivity index (χ0n) is 18.9. The molecule has 4 rings (SSSR count). The third-order valence-corrected chi connectivity index (χ3v) is 6.23. The normalized spacial score (nSPS) is 15.1. The summed E-state index contributed by atoms with van der Waals surface area (Å²) in [5.41, 5.74) is 3.45. The van der Waals surface area contributed by atoms with E-state index in [-0.39, 0.29) is 17.5 Å². The lowest BCUT2D eigenvalue weighted by molar-refractivity contribution is 0.0938. The second-order valence-electron chi connectivity index (χ2n) is 8.19. The number of aryl methyl sites for hydroxylation is 2. The first kappa shape index (κ1) is 22.0. The van der Waals surface area contributed by atoms with Gasteiger partial charge in [0.1, 0.15) is 11.4 Å². The predicted molar refractivity (Wildman–Crippen MR) is 125 cm³/mol. The highest BCUT2D eigenvalue weighted by Gasteiger charge is 2.24. The number of aromatic nitrogens is 2. The lowest BCUT2D eigenvalue weighted by Crippen LogP contribution is -2.36. The quantitative estimate of drug-likeness (QED) is 0.618. The SMILES string of the molecule is CCn1c(=O)c(C)nc2cc(C(=O)NCC(c3ccc(OC)cc3)N3CCCC3)ccc21. The minimum atomic E-state index is -0.140. The molecule has 0 radical (unpaired) electrons. The van der Waals surface area contributed by atoms with E-state index in [4.69, 9.17) is 4.74 Å². The van der Waals surface area contributed by atoms with Crippen molar-refractivity contribution in [1.82, 2.24) is 19.8 Å². The first-order chi connectivity index (χ1) is 15.5. The molecule has 0 spiro atoms. The van der Waals surface area contributed by atoms with Crippen LogP contribution in [0.2, 0.25) is 0 Å². The number of ether oxygens (including phenoxy) is 1. The van der Waals surface area contributed by atoms with E-state index in [1.54, 1.807) is 30.7 Å². The number of benzene rings is 2. The fourth-order valence-corrected chi connectivity index (χ4v) is 4.46. The number of hydrogen-bond donors (Lipinski definition) is 1. The predicted octanol–water partition coefficient (Wildman–Crippen LogP) is 3.30. The summed E-state index contributed by atoms with van der Waals surface area (Å²) in [6, 6.07) is 13.5. The topological polar surface area (TPSA) is 76.5 Å². The number of nitrogens with zero attached hydrogens (tertiary/aromatic N) is 3. The standard InChI is InChI=1S/C25H30N4O3/c1-4-29-22-12-9-19(15-21(22)27-17(2)25(29)31)24(30)26-16-23(28-13-5-6-14-28)18-7-10-20(32-3)11-8-18/h7-12,15,23H,4-6,13-14,16H2,1-3H3,(H,26,30). The van der Waals surface area contributed by atoms with E-state index in [9.17, 15) is 9.59 Å². The van der Waals surface area contributed by atoms with Crippen LogP contribution in [0.5, 0.6) is 5.75 Å². The van der Waals surface area contributed by atoms with Crippen molar-refractivity contribution in [3.8, 4) is 5.75 Å². The smallest absolute Gasteiger partial charge is 0.272 e. The molecule has 1 N–H and O–H groups in total. The van der Waals surface area contributed by atoms with Gasteiger partial charge in [-0.1, -0.05) is 12.1 Å². The van der Waals surface area contributed by atoms with E-state index in [1.165, 1.54) is 12.8 Å². The summed E-state index contributed by atoms with van der Waals surface area (Å²) in [6.07, 6.45) is 2.35. The third-order valence-electron chi connectivity index (χ3n) is 6.23. The molecule has 1 atom stereocenters. The lowest BCUT2D eigenvalue weighted by atomic mass is 10.0. The fourth-order valence-electron chi connectivity index (χ4n) is 4.46. The highest BCUT2D eigenvalue weighted by atomic mass is 16.5. The van der Waals surface area contributed by atoms with E-state index in [1.807, 2.05) is 25.1 Å². The molecule has 2 heterocycles. The molecule has 1 saturated heterocycles. The van der Waals surface area contributed by atoms with Gasteiger partial charge in [0.25, 0.3) is 11.5 Å². The highest BCUT2D eigenvalue weighted by Crippen LogP contribution is 2.26. The van der Waals surface area contributed by atoms with E-state index >= 15 is 0 Å². The zero-order valence-corrected chi connectivity index (χ0v) is 18.9. The highest BCUT2D eigenvalue weighted by molar-refractivity contribution is 5.97. The molecule has 7 heteroatoms. The molecule has 1 amide bonds. The van der Waals surface area contributed by atoms with Crippen molar-refractivity contribution < 1.29 is 9.53 Å². The number of carbonyl (C=O) groups excluding carboxylic acids is 1. The van der Waals surface area contributed by atoms with Crippen molar-refractivity contribution in [3.63, 3.8) is 0 Å². The average molecular weight is 435 g/mol. The summed E-state index contributed by atoms with van der Waals surface area (Å²) in [6.45, 7) is 6.77. The number of hydrogen-bond acceptors (Lipinski definition) is 5. The maximum absolute atomic E-state index is 13.0. The van der Waals surface area contributed by atoms with Crippen molar-refractivity contribution in [3.05, 3.63) is 69.6 Å². The van der Waals surface area contributed by atoms with Gasteiger partial charge in [-0.2, -0.15) is 0 Å². The van der Waals surface area contributed by atoms with Crippen molar-refractivity contribution in [2.75, 3.05) is 26.7 Å². The second kappa shape index (κ2) is 9.53. The summed E-state index contributed by atoms with van der Waals surface area (Å²) in [5.74, 6) is 0.681. The molecule has 2 aromatic carbocycles. The van der Waals surface area contributed by atoms with Crippen molar-refractivity contribution >= 4 is 16.9 Å². The number of amides is 1. The van der Waals surface area contributed by atoms with Crippen LogP contribution in [-0.4, -0.2) is 47.1 Å². The fraction of sp³-hybridized carbons (Fsp3) is 0.400. The molecule has 0 bridgehead atoms. The van der Waals surface area contributed by atoms with Gasteiger partial charge >= 0.3 is 0 Å². The Hall–Kier alpha value is -3.19. The molecular weight excluding hydrogens is 404 g/mol. The number of likely N-dealkylation sites (tertiary alicyclic amines) is 1. The maximum atomic E-state index is 13.0. The van der Waals surface area contributed by atoms with Crippen molar-refractivity contribution in [2.45, 2.75) is 39.3 Å². The van der Waals surface area contributed by atoms with Crippen LogP contribution in [0.4, 0.5) is 0 Å². The molecule has 0 saturated carbocycles. The van der Waals surface area contributed by atoms with Gasteiger partial charge in [0.05, 0.1) is 24.2 Å². The molecule has 1 fully saturated rings. The molecular formula is C25H30N4O3. The largest absolute Gasteiger partial charge is 0.497 e. The van der Waals surface area contributed by atoms with Crippen LogP contribution < -0.4 is 15.6 Å². The zero-order chi connectivity index (χ0) is 22.7. The molecule has 32 heavy (non-hydrogen) atoms. The molecule has 0 aliphatic carbocycles. The number of carbonyl (C=O) groups is 1. The second-order valence-corrected chi connectivity index (χ2v) is 8.19. The number of nitrogens with one attached hydrogen (secondary N) is 1. The molecule has 1 aromatic heterocycles. The van der Waals surface area contributed by atoms with Gasteiger partial charge in [0.2, 0.25) is 0 Å². The van der Waals surface area contributed by atoms with Crippen molar-refractivity contribution in [1.29, 1.82) is 0 Å². The van der Waals surface area contributed by atoms with E-state index in [2.05, 4.69) is 27.3 Å². The van der Waals surface area contributed by atoms with Crippen molar-refractivity contribution in [2.24, 2.45) is 0 Å². The molecule has 1 unspecified atom stereocenters. The number of fused-ring (bicyclic) bond motifs is 1. The number of methoxy groups -OCH3 is 1. The van der Waals surface area contributed by atoms with Gasteiger partial charge in [-0.25, -0.2) is 4.98 Å². The lowest BCUT2D eigenvalue weighted by Gasteiger charge is -2.28. The van der Waals surface area contributed by atoms with Gasteiger partial charge in [0, 0.05) is 18.7 Å². The molecule has 168 valence electrons. The Labute approximate surface area is 188 Å². The molecule has 7 nitrogen and oxygen atoms in total. The van der Waals surface area contributed by atoms with Gasteiger partial charge in [-0.15, -0.1) is 0 Å². The Morgan fingerprint density at radius 3 is 2.53 bits per heavy atom. The first-order valence-corrected chi connectivity index (χ1v) is 11.2. The Morgan fingerprint density at radius 1 is 1.16 bits per heavy atom. The summed E-state index contributed by atoms with van der Waals surface area (Å²) in [5, 5.41) is 3.11. The maximum Gasteiger partial charge on any atom is 0.272 e. The Morgan fingerprint density at radius 2 is 1.88 bits per heavy atom. The Balaban J connectivity index is 1.55. The number of rotatable bonds is 7. The summed E-state index contributed by atoms with van der Waals surface area (Å²) >= 11 is 0. The average Bonchev–Trinajstić information content (AvgIpc) is 3.34. The summed E-state index contributed by atoms with van der Waals surface area (Å²) in [4.78, 5) is 32.2. The van der Waals surface area contributed by atoms with E-state index in [0.717, 1.165) is 29.9 Å². The van der Waals surface area contributed by atoms with Gasteiger partial charge < -0.3 is 14.6 Å². The monoisotopic (exact) mass is 434 g/mol. The molecule has 3 aromatic rings. The third kappa shape index (κ3) is 4.39. The Bertz CT molecular complexity index is 1160. The summed E-state index contributed by atoms with van der Waals surface area (Å²) < 4.78 is 6.97. The van der Waals surface area contributed by atoms with Crippen LogP contribution in [0.3, 0.4) is 0 Å². The van der Waals surface area contributed by atoms with Crippen LogP contribution >= 0.6 is 0 Å². The van der Waals surface area contributed by atoms with E-state index < -0.39 is 0 Å². The Kier molecular flexibility index (Phi) is 6.55. The van der Waals surface area contributed by atoms with Crippen LogP contribution in [0.25, 0.3) is 11.0 Å². The summed E-state index contributed by atoms with van der Waals surface area (Å²) in [7, 11) is 1.66.